The lowest BCUT2D eigenvalue weighted by Crippen LogP contribution is -2.33. The zero-order valence-electron chi connectivity index (χ0n) is 9.54. The summed E-state index contributed by atoms with van der Waals surface area (Å²) < 4.78 is 0.853. The average molecular weight is 318 g/mol. The van der Waals surface area contributed by atoms with Crippen LogP contribution in [0.1, 0.15) is 12.8 Å². The van der Waals surface area contributed by atoms with Crippen LogP contribution >= 0.6 is 27.5 Å². The van der Waals surface area contributed by atoms with Gasteiger partial charge in [-0.15, -0.1) is 0 Å². The van der Waals surface area contributed by atoms with E-state index in [9.17, 15) is 4.79 Å². The highest BCUT2D eigenvalue weighted by Gasteiger charge is 2.29. The summed E-state index contributed by atoms with van der Waals surface area (Å²) in [7, 11) is 1.86. The zero-order chi connectivity index (χ0) is 12.4. The molecular weight excluding hydrogens is 304 g/mol. The number of rotatable bonds is 4. The van der Waals surface area contributed by atoms with Crippen molar-refractivity contribution >= 4 is 39.1 Å². The van der Waals surface area contributed by atoms with Crippen molar-refractivity contribution in [2.75, 3.05) is 18.9 Å². The van der Waals surface area contributed by atoms with Gasteiger partial charge in [0.25, 0.3) is 0 Å². The summed E-state index contributed by atoms with van der Waals surface area (Å²) in [6.07, 6.45) is 2.26. The molecule has 0 saturated heterocycles. The van der Waals surface area contributed by atoms with Crippen LogP contribution in [0.5, 0.6) is 0 Å². The number of hydrogen-bond donors (Lipinski definition) is 1. The predicted molar refractivity (Wildman–Crippen MR) is 73.4 cm³/mol. The van der Waals surface area contributed by atoms with Gasteiger partial charge < -0.3 is 10.2 Å². The van der Waals surface area contributed by atoms with E-state index in [0.717, 1.165) is 23.0 Å². The van der Waals surface area contributed by atoms with Gasteiger partial charge in [-0.1, -0.05) is 11.6 Å². The van der Waals surface area contributed by atoms with Gasteiger partial charge in [0.05, 0.1) is 11.6 Å². The van der Waals surface area contributed by atoms with Crippen LogP contribution in [0.25, 0.3) is 0 Å². The minimum atomic E-state index is 0.117. The van der Waals surface area contributed by atoms with E-state index in [1.165, 1.54) is 0 Å². The fourth-order valence-electron chi connectivity index (χ4n) is 1.57. The van der Waals surface area contributed by atoms with Gasteiger partial charge in [-0.2, -0.15) is 0 Å². The van der Waals surface area contributed by atoms with Gasteiger partial charge in [0.2, 0.25) is 5.91 Å². The van der Waals surface area contributed by atoms with E-state index in [1.807, 2.05) is 24.1 Å². The van der Waals surface area contributed by atoms with Crippen LogP contribution in [-0.2, 0) is 4.79 Å². The number of benzene rings is 1. The maximum atomic E-state index is 11.8. The summed E-state index contributed by atoms with van der Waals surface area (Å²) in [5.74, 6) is 0.117. The Hall–Kier alpha value is -0.740. The summed E-state index contributed by atoms with van der Waals surface area (Å²) >= 11 is 9.29. The molecule has 17 heavy (non-hydrogen) atoms. The number of amides is 1. The Kier molecular flexibility index (Phi) is 3.94. The molecule has 1 saturated carbocycles. The Labute approximate surface area is 114 Å². The molecule has 92 valence electrons. The van der Waals surface area contributed by atoms with E-state index in [-0.39, 0.29) is 5.91 Å². The number of carbonyl (C=O) groups excluding carboxylic acids is 1. The minimum absolute atomic E-state index is 0.117. The van der Waals surface area contributed by atoms with Crippen LogP contribution in [0.2, 0.25) is 5.02 Å². The molecule has 1 amide bonds. The Bertz CT molecular complexity index is 435. The van der Waals surface area contributed by atoms with Crippen LogP contribution in [0.3, 0.4) is 0 Å². The first-order chi connectivity index (χ1) is 8.08. The molecule has 0 aromatic heterocycles. The molecule has 1 N–H and O–H groups in total. The summed E-state index contributed by atoms with van der Waals surface area (Å²) in [6.45, 7) is 0.310. The van der Waals surface area contributed by atoms with Crippen molar-refractivity contribution < 1.29 is 4.79 Å². The average Bonchev–Trinajstić information content (AvgIpc) is 3.13. The molecule has 1 aromatic rings. The van der Waals surface area contributed by atoms with Crippen molar-refractivity contribution in [3.63, 3.8) is 0 Å². The molecule has 0 bridgehead atoms. The number of anilines is 1. The monoisotopic (exact) mass is 316 g/mol. The third-order valence-corrected chi connectivity index (χ3v) is 4.08. The Morgan fingerprint density at radius 2 is 2.29 bits per heavy atom. The van der Waals surface area contributed by atoms with Gasteiger partial charge in [-0.25, -0.2) is 0 Å². The van der Waals surface area contributed by atoms with Crippen molar-refractivity contribution in [3.05, 3.63) is 27.7 Å². The number of likely N-dealkylation sites (N-methyl/N-ethyl adjacent to an activating group) is 1. The van der Waals surface area contributed by atoms with Gasteiger partial charge in [-0.05, 0) is 47.0 Å². The Balaban J connectivity index is 1.88. The second-order valence-corrected chi connectivity index (χ2v) is 5.48. The standard InChI is InChI=1S/C12H14BrClN2O/c1-16(9-3-4-9)12(17)7-15-8-2-5-10(13)11(14)6-8/h2,5-6,9,15H,3-4,7H2,1H3. The molecular formula is C12H14BrClN2O. The van der Waals surface area contributed by atoms with Gasteiger partial charge >= 0.3 is 0 Å². The normalized spacial score (nSPS) is 14.5. The topological polar surface area (TPSA) is 32.3 Å². The van der Waals surface area contributed by atoms with E-state index < -0.39 is 0 Å². The molecule has 1 aromatic carbocycles. The number of halogens is 2. The number of carbonyl (C=O) groups is 1. The first-order valence-electron chi connectivity index (χ1n) is 5.52. The molecule has 0 aliphatic heterocycles. The van der Waals surface area contributed by atoms with Crippen molar-refractivity contribution in [3.8, 4) is 0 Å². The third kappa shape index (κ3) is 3.36. The van der Waals surface area contributed by atoms with E-state index in [2.05, 4.69) is 21.2 Å². The fraction of sp³-hybridized carbons (Fsp3) is 0.417. The van der Waals surface area contributed by atoms with Crippen LogP contribution in [0.15, 0.2) is 22.7 Å². The Morgan fingerprint density at radius 1 is 1.59 bits per heavy atom. The number of hydrogen-bond acceptors (Lipinski definition) is 2. The number of nitrogens with zero attached hydrogens (tertiary/aromatic N) is 1. The lowest BCUT2D eigenvalue weighted by Gasteiger charge is -2.17. The largest absolute Gasteiger partial charge is 0.376 e. The molecule has 1 aliphatic rings. The van der Waals surface area contributed by atoms with Crippen LogP contribution < -0.4 is 5.32 Å². The second kappa shape index (κ2) is 5.27. The van der Waals surface area contributed by atoms with Crippen LogP contribution in [-0.4, -0.2) is 30.4 Å². The van der Waals surface area contributed by atoms with Crippen molar-refractivity contribution in [1.29, 1.82) is 0 Å². The molecule has 0 atom stereocenters. The highest BCUT2D eigenvalue weighted by atomic mass is 79.9. The second-order valence-electron chi connectivity index (χ2n) is 4.22. The first kappa shape index (κ1) is 12.7. The Morgan fingerprint density at radius 3 is 2.88 bits per heavy atom. The maximum absolute atomic E-state index is 11.8. The molecule has 2 rings (SSSR count). The van der Waals surface area contributed by atoms with Crippen molar-refractivity contribution in [2.45, 2.75) is 18.9 Å². The van der Waals surface area contributed by atoms with Gasteiger partial charge in [0.15, 0.2) is 0 Å². The molecule has 0 unspecified atom stereocenters. The first-order valence-corrected chi connectivity index (χ1v) is 6.69. The number of nitrogens with one attached hydrogen (secondary N) is 1. The molecule has 0 spiro atoms. The van der Waals surface area contributed by atoms with Gasteiger partial charge in [0.1, 0.15) is 0 Å². The molecule has 0 heterocycles. The summed E-state index contributed by atoms with van der Waals surface area (Å²) in [5, 5.41) is 3.72. The smallest absolute Gasteiger partial charge is 0.241 e. The molecule has 1 aliphatic carbocycles. The fourth-order valence-corrected chi connectivity index (χ4v) is 2.00. The van der Waals surface area contributed by atoms with Crippen LogP contribution in [0.4, 0.5) is 5.69 Å². The van der Waals surface area contributed by atoms with Crippen LogP contribution in [0, 0.1) is 0 Å². The molecule has 1 fully saturated rings. The quantitative estimate of drug-likeness (QED) is 0.925. The SMILES string of the molecule is CN(C(=O)CNc1ccc(Br)c(Cl)c1)C1CC1. The molecule has 3 nitrogen and oxygen atoms in total. The van der Waals surface area contributed by atoms with Crippen molar-refractivity contribution in [1.82, 2.24) is 4.90 Å². The predicted octanol–water partition coefficient (Wildman–Crippen LogP) is 3.14. The summed E-state index contributed by atoms with van der Waals surface area (Å²) in [5.41, 5.74) is 0.857. The lowest BCUT2D eigenvalue weighted by molar-refractivity contribution is -0.128. The third-order valence-electron chi connectivity index (χ3n) is 2.85. The van der Waals surface area contributed by atoms with E-state index in [4.69, 9.17) is 11.6 Å². The molecule has 0 radical (unpaired) electrons. The lowest BCUT2D eigenvalue weighted by atomic mass is 10.3. The molecule has 5 heteroatoms. The highest BCUT2D eigenvalue weighted by molar-refractivity contribution is 9.10. The van der Waals surface area contributed by atoms with E-state index in [0.29, 0.717) is 17.6 Å². The highest BCUT2D eigenvalue weighted by Crippen LogP contribution is 2.26. The van der Waals surface area contributed by atoms with E-state index >= 15 is 0 Å². The summed E-state index contributed by atoms with van der Waals surface area (Å²) in [6, 6.07) is 6.01. The summed E-state index contributed by atoms with van der Waals surface area (Å²) in [4.78, 5) is 13.6. The minimum Gasteiger partial charge on any atom is -0.376 e. The van der Waals surface area contributed by atoms with Crippen molar-refractivity contribution in [2.24, 2.45) is 0 Å². The van der Waals surface area contributed by atoms with Gasteiger partial charge in [-0.3, -0.25) is 4.79 Å². The van der Waals surface area contributed by atoms with E-state index in [1.54, 1.807) is 6.07 Å². The van der Waals surface area contributed by atoms with Gasteiger partial charge in [0, 0.05) is 23.2 Å². The zero-order valence-corrected chi connectivity index (χ0v) is 11.9. The maximum Gasteiger partial charge on any atom is 0.241 e.